The van der Waals surface area contributed by atoms with Gasteiger partial charge in [0, 0.05) is 24.2 Å². The number of ether oxygens (including phenoxy) is 1. The molecule has 1 aliphatic rings. The van der Waals surface area contributed by atoms with Crippen molar-refractivity contribution in [1.29, 1.82) is 0 Å². The van der Waals surface area contributed by atoms with Crippen LogP contribution >= 0.6 is 0 Å². The van der Waals surface area contributed by atoms with E-state index in [1.807, 2.05) is 19.1 Å². The molecule has 0 aliphatic heterocycles. The number of carboxylic acids is 1. The van der Waals surface area contributed by atoms with Gasteiger partial charge >= 0.3 is 5.97 Å². The summed E-state index contributed by atoms with van der Waals surface area (Å²) in [6, 6.07) is 8.47. The van der Waals surface area contributed by atoms with Crippen LogP contribution in [0.2, 0.25) is 0 Å². The Hall–Kier alpha value is -2.86. The first kappa shape index (κ1) is 26.7. The topological polar surface area (TPSA) is 104 Å². The smallest absolute Gasteiger partial charge is 0.303 e. The summed E-state index contributed by atoms with van der Waals surface area (Å²) in [5.74, 6) is -1.24. The van der Waals surface area contributed by atoms with Crippen LogP contribution in [-0.4, -0.2) is 33.7 Å². The Morgan fingerprint density at radius 2 is 1.37 bits per heavy atom. The molecule has 0 spiro atoms. The third-order valence-electron chi connectivity index (χ3n) is 6.71. The molecule has 0 aromatic heterocycles. The lowest BCUT2D eigenvalue weighted by Gasteiger charge is -2.29. The van der Waals surface area contributed by atoms with E-state index in [4.69, 9.17) is 9.84 Å². The number of phenols is 2. The zero-order chi connectivity index (χ0) is 25.2. The van der Waals surface area contributed by atoms with Gasteiger partial charge in [-0.15, -0.1) is 0 Å². The summed E-state index contributed by atoms with van der Waals surface area (Å²) in [6.07, 6.45) is 11.9. The summed E-state index contributed by atoms with van der Waals surface area (Å²) >= 11 is 0. The predicted octanol–water partition coefficient (Wildman–Crippen LogP) is 6.82. The molecule has 3 rings (SSSR count). The van der Waals surface area contributed by atoms with E-state index in [1.54, 1.807) is 12.1 Å². The van der Waals surface area contributed by atoms with Crippen molar-refractivity contribution in [3.8, 4) is 11.5 Å². The number of aliphatic carboxylic acids is 1. The van der Waals surface area contributed by atoms with E-state index in [0.29, 0.717) is 17.7 Å². The largest absolute Gasteiger partial charge is 0.507 e. The Morgan fingerprint density at radius 3 is 2.00 bits per heavy atom. The van der Waals surface area contributed by atoms with Gasteiger partial charge in [-0.1, -0.05) is 76.0 Å². The summed E-state index contributed by atoms with van der Waals surface area (Å²) in [6.45, 7) is 2.41. The van der Waals surface area contributed by atoms with Crippen LogP contribution in [0, 0.1) is 6.92 Å². The molecule has 0 saturated heterocycles. The number of hydrogen-bond acceptors (Lipinski definition) is 5. The van der Waals surface area contributed by atoms with Crippen LogP contribution in [0.5, 0.6) is 11.5 Å². The number of fused-ring (bicyclic) bond motifs is 2. The number of hydrogen-bond donors (Lipinski definition) is 3. The number of carbonyl (C=O) groups excluding carboxylic acids is 1. The molecule has 3 N–H and O–H groups in total. The molecule has 0 amide bonds. The molecule has 0 heterocycles. The van der Waals surface area contributed by atoms with Gasteiger partial charge in [-0.3, -0.25) is 9.59 Å². The van der Waals surface area contributed by atoms with Crippen molar-refractivity contribution in [3.63, 3.8) is 0 Å². The quantitative estimate of drug-likeness (QED) is 0.241. The van der Waals surface area contributed by atoms with Gasteiger partial charge in [-0.05, 0) is 37.5 Å². The van der Waals surface area contributed by atoms with Gasteiger partial charge < -0.3 is 20.1 Å². The van der Waals surface area contributed by atoms with Gasteiger partial charge in [0.2, 0.25) is 5.78 Å². The Labute approximate surface area is 208 Å². The number of phenolic OH excluding ortho intramolecular Hbond substituents is 2. The molecule has 2 aromatic rings. The van der Waals surface area contributed by atoms with Crippen molar-refractivity contribution < 1.29 is 29.6 Å². The molecule has 1 atom stereocenters. The first-order valence-electron chi connectivity index (χ1n) is 12.9. The van der Waals surface area contributed by atoms with Crippen LogP contribution in [0.1, 0.15) is 116 Å². The van der Waals surface area contributed by atoms with Crippen LogP contribution in [0.15, 0.2) is 30.3 Å². The number of benzene rings is 2. The van der Waals surface area contributed by atoms with Gasteiger partial charge in [0.05, 0.1) is 11.1 Å². The summed E-state index contributed by atoms with van der Waals surface area (Å²) in [5.41, 5.74) is 2.60. The van der Waals surface area contributed by atoms with Crippen LogP contribution in [0.3, 0.4) is 0 Å². The molecule has 0 saturated carbocycles. The van der Waals surface area contributed by atoms with E-state index in [9.17, 15) is 19.8 Å². The number of carbonyl (C=O) groups is 2. The zero-order valence-corrected chi connectivity index (χ0v) is 20.7. The lowest BCUT2D eigenvalue weighted by atomic mass is 9.81. The Bertz CT molecular complexity index is 1010. The second-order valence-corrected chi connectivity index (χ2v) is 9.60. The molecule has 190 valence electrons. The molecule has 2 aromatic carbocycles. The lowest BCUT2D eigenvalue weighted by molar-refractivity contribution is -0.137. The summed E-state index contributed by atoms with van der Waals surface area (Å²) < 4.78 is 6.24. The predicted molar refractivity (Wildman–Crippen MR) is 135 cm³/mol. The lowest BCUT2D eigenvalue weighted by Crippen LogP contribution is -2.22. The average molecular weight is 483 g/mol. The second-order valence-electron chi connectivity index (χ2n) is 9.60. The molecular formula is C29H38O6. The number of carboxylic acid groups (broad SMARTS) is 1. The third-order valence-corrected chi connectivity index (χ3v) is 6.71. The minimum Gasteiger partial charge on any atom is -0.507 e. The maximum absolute atomic E-state index is 13.0. The van der Waals surface area contributed by atoms with E-state index in [-0.39, 0.29) is 34.8 Å². The van der Waals surface area contributed by atoms with Crippen LogP contribution in [0.4, 0.5) is 0 Å². The van der Waals surface area contributed by atoms with Crippen LogP contribution in [-0.2, 0) is 9.53 Å². The number of ketones is 1. The van der Waals surface area contributed by atoms with Crippen molar-refractivity contribution in [1.82, 2.24) is 0 Å². The van der Waals surface area contributed by atoms with Gasteiger partial charge in [0.15, 0.2) is 0 Å². The van der Waals surface area contributed by atoms with Crippen LogP contribution < -0.4 is 0 Å². The van der Waals surface area contributed by atoms with Gasteiger partial charge in [0.1, 0.15) is 17.6 Å². The normalized spacial score (nSPS) is 14.5. The zero-order valence-electron chi connectivity index (χ0n) is 20.7. The van der Waals surface area contributed by atoms with Gasteiger partial charge in [-0.25, -0.2) is 0 Å². The molecule has 0 radical (unpaired) electrons. The molecule has 0 bridgehead atoms. The SMILES string of the molecule is Cc1cc(O)c2c(c1)C(OCCCCCCCCCCCCCC(=O)O)c1cccc(O)c1C2=O. The Morgan fingerprint density at radius 1 is 0.800 bits per heavy atom. The van der Waals surface area contributed by atoms with Crippen molar-refractivity contribution in [2.45, 2.75) is 90.1 Å². The Kier molecular flexibility index (Phi) is 10.2. The number of aryl methyl sites for hydroxylation is 1. The van der Waals surface area contributed by atoms with Crippen molar-refractivity contribution in [2.24, 2.45) is 0 Å². The summed E-state index contributed by atoms with van der Waals surface area (Å²) in [5, 5.41) is 29.4. The third kappa shape index (κ3) is 7.31. The minimum atomic E-state index is -0.701. The van der Waals surface area contributed by atoms with E-state index >= 15 is 0 Å². The Balaban J connectivity index is 1.40. The van der Waals surface area contributed by atoms with Gasteiger partial charge in [-0.2, -0.15) is 0 Å². The maximum Gasteiger partial charge on any atom is 0.303 e. The second kappa shape index (κ2) is 13.3. The fraction of sp³-hybridized carbons (Fsp3) is 0.517. The number of rotatable bonds is 15. The highest BCUT2D eigenvalue weighted by molar-refractivity contribution is 6.15. The minimum absolute atomic E-state index is 0.0761. The highest BCUT2D eigenvalue weighted by Crippen LogP contribution is 2.44. The fourth-order valence-corrected chi connectivity index (χ4v) is 4.91. The molecule has 35 heavy (non-hydrogen) atoms. The first-order valence-corrected chi connectivity index (χ1v) is 12.9. The van der Waals surface area contributed by atoms with Gasteiger partial charge in [0.25, 0.3) is 0 Å². The number of aromatic hydroxyl groups is 2. The van der Waals surface area contributed by atoms with E-state index in [0.717, 1.165) is 44.1 Å². The molecule has 6 nitrogen and oxygen atoms in total. The maximum atomic E-state index is 13.0. The average Bonchev–Trinajstić information content (AvgIpc) is 2.80. The van der Waals surface area contributed by atoms with E-state index in [1.165, 1.54) is 38.2 Å². The van der Waals surface area contributed by atoms with E-state index in [2.05, 4.69) is 0 Å². The fourth-order valence-electron chi connectivity index (χ4n) is 4.91. The van der Waals surface area contributed by atoms with Crippen molar-refractivity contribution >= 4 is 11.8 Å². The summed E-state index contributed by atoms with van der Waals surface area (Å²) in [7, 11) is 0. The molecular weight excluding hydrogens is 444 g/mol. The standard InChI is InChI=1S/C29H38O6/c1-20-18-22-27(24(31)19-20)28(34)26-21(14-13-15-23(26)30)29(22)35-17-12-10-8-6-4-2-3-5-7-9-11-16-25(32)33/h13-15,18-19,29-31H,2-12,16-17H2,1H3,(H,32,33). The monoisotopic (exact) mass is 482 g/mol. The number of unbranched alkanes of at least 4 members (excludes halogenated alkanes) is 10. The summed E-state index contributed by atoms with van der Waals surface area (Å²) in [4.78, 5) is 23.5. The van der Waals surface area contributed by atoms with Crippen molar-refractivity contribution in [2.75, 3.05) is 6.61 Å². The highest BCUT2D eigenvalue weighted by Gasteiger charge is 2.35. The molecule has 1 unspecified atom stereocenters. The van der Waals surface area contributed by atoms with Crippen LogP contribution in [0.25, 0.3) is 0 Å². The molecule has 1 aliphatic carbocycles. The molecule has 6 heteroatoms. The first-order chi connectivity index (χ1) is 16.9. The molecule has 0 fully saturated rings. The van der Waals surface area contributed by atoms with Crippen molar-refractivity contribution in [3.05, 3.63) is 58.1 Å². The highest BCUT2D eigenvalue weighted by atomic mass is 16.5. The van der Waals surface area contributed by atoms with E-state index < -0.39 is 12.1 Å².